The maximum atomic E-state index is 12.6. The van der Waals surface area contributed by atoms with Gasteiger partial charge in [-0.3, -0.25) is 9.69 Å². The van der Waals surface area contributed by atoms with Gasteiger partial charge in [0.05, 0.1) is 25.8 Å². The molecule has 2 aromatic carbocycles. The molecule has 9 heteroatoms. The highest BCUT2D eigenvalue weighted by Gasteiger charge is 2.23. The minimum absolute atomic E-state index is 0.139. The Balaban J connectivity index is 1.32. The molecule has 30 heavy (non-hydrogen) atoms. The molecule has 1 fully saturated rings. The number of halogens is 1. The van der Waals surface area contributed by atoms with Crippen LogP contribution in [-0.2, 0) is 17.8 Å². The molecule has 0 atom stereocenters. The number of nitrogens with zero attached hydrogens (tertiary/aromatic N) is 6. The maximum Gasteiger partial charge on any atom is 0.227 e. The topological polar surface area (TPSA) is 76.4 Å². The normalized spacial score (nSPS) is 14.7. The second-order valence-electron chi connectivity index (χ2n) is 7.17. The smallest absolute Gasteiger partial charge is 0.227 e. The van der Waals surface area contributed by atoms with Crippen LogP contribution < -0.4 is 4.74 Å². The van der Waals surface area contributed by atoms with Gasteiger partial charge in [0, 0.05) is 31.2 Å². The van der Waals surface area contributed by atoms with Crippen molar-refractivity contribution in [3.63, 3.8) is 0 Å². The van der Waals surface area contributed by atoms with Gasteiger partial charge in [-0.15, -0.1) is 5.10 Å². The zero-order valence-corrected chi connectivity index (χ0v) is 17.5. The van der Waals surface area contributed by atoms with E-state index in [-0.39, 0.29) is 5.91 Å². The van der Waals surface area contributed by atoms with Crippen LogP contribution in [0.4, 0.5) is 0 Å². The average molecular weight is 427 g/mol. The van der Waals surface area contributed by atoms with E-state index in [1.54, 1.807) is 11.8 Å². The van der Waals surface area contributed by atoms with Crippen LogP contribution in [0.5, 0.6) is 5.75 Å². The monoisotopic (exact) mass is 426 g/mol. The fourth-order valence-corrected chi connectivity index (χ4v) is 3.60. The Morgan fingerprint density at radius 2 is 1.73 bits per heavy atom. The molecule has 1 amide bonds. The maximum absolute atomic E-state index is 12.6. The Kier molecular flexibility index (Phi) is 6.25. The summed E-state index contributed by atoms with van der Waals surface area (Å²) >= 11 is 5.91. The predicted molar refractivity (Wildman–Crippen MR) is 113 cm³/mol. The van der Waals surface area contributed by atoms with Crippen LogP contribution in [0.1, 0.15) is 11.4 Å². The van der Waals surface area contributed by atoms with E-state index in [4.69, 9.17) is 16.3 Å². The standard InChI is InChI=1S/C21H23ClN6O2/c1-30-19-8-6-18(7-9-19)28-20(23-24-25-28)15-26-10-12-27(13-11-26)21(29)14-16-2-4-17(22)5-3-16/h2-9H,10-15H2,1H3. The van der Waals surface area contributed by atoms with Gasteiger partial charge in [-0.25, -0.2) is 0 Å². The number of amides is 1. The molecule has 1 saturated heterocycles. The van der Waals surface area contributed by atoms with Crippen LogP contribution in [0.2, 0.25) is 5.02 Å². The molecule has 0 radical (unpaired) electrons. The summed E-state index contributed by atoms with van der Waals surface area (Å²) in [7, 11) is 1.64. The SMILES string of the molecule is COc1ccc(-n2nnnc2CN2CCN(C(=O)Cc3ccc(Cl)cc3)CC2)cc1. The van der Waals surface area contributed by atoms with Crippen molar-refractivity contribution in [3.8, 4) is 11.4 Å². The highest BCUT2D eigenvalue weighted by molar-refractivity contribution is 6.30. The van der Waals surface area contributed by atoms with Crippen LogP contribution in [-0.4, -0.2) is 69.2 Å². The lowest BCUT2D eigenvalue weighted by atomic mass is 10.1. The van der Waals surface area contributed by atoms with Crippen LogP contribution in [0.3, 0.4) is 0 Å². The molecule has 0 aliphatic carbocycles. The van der Waals surface area contributed by atoms with Gasteiger partial charge in [-0.05, 0) is 52.4 Å². The minimum Gasteiger partial charge on any atom is -0.497 e. The molecule has 3 aromatic rings. The summed E-state index contributed by atoms with van der Waals surface area (Å²) in [5, 5.41) is 12.8. The average Bonchev–Trinajstić information content (AvgIpc) is 3.24. The van der Waals surface area contributed by atoms with Crippen LogP contribution in [0, 0.1) is 0 Å². The summed E-state index contributed by atoms with van der Waals surface area (Å²) in [6.45, 7) is 3.56. The molecular weight excluding hydrogens is 404 g/mol. The van der Waals surface area contributed by atoms with Crippen molar-refractivity contribution in [3.05, 3.63) is 64.9 Å². The molecule has 0 spiro atoms. The summed E-state index contributed by atoms with van der Waals surface area (Å²) in [6.07, 6.45) is 0.396. The second-order valence-corrected chi connectivity index (χ2v) is 7.60. The zero-order chi connectivity index (χ0) is 20.9. The summed E-state index contributed by atoms with van der Waals surface area (Å²) in [5.74, 6) is 1.69. The van der Waals surface area contributed by atoms with E-state index in [0.29, 0.717) is 31.1 Å². The number of hydrogen-bond acceptors (Lipinski definition) is 6. The first-order chi connectivity index (χ1) is 14.6. The molecule has 4 rings (SSSR count). The van der Waals surface area contributed by atoms with Crippen molar-refractivity contribution in [1.82, 2.24) is 30.0 Å². The Labute approximate surface area is 180 Å². The number of rotatable bonds is 6. The number of benzene rings is 2. The van der Waals surface area contributed by atoms with Gasteiger partial charge in [-0.1, -0.05) is 23.7 Å². The van der Waals surface area contributed by atoms with Gasteiger partial charge < -0.3 is 9.64 Å². The van der Waals surface area contributed by atoms with Crippen molar-refractivity contribution in [2.45, 2.75) is 13.0 Å². The van der Waals surface area contributed by atoms with Gasteiger partial charge in [0.25, 0.3) is 0 Å². The number of carbonyl (C=O) groups is 1. The second kappa shape index (κ2) is 9.23. The number of tetrazole rings is 1. The van der Waals surface area contributed by atoms with E-state index >= 15 is 0 Å². The summed E-state index contributed by atoms with van der Waals surface area (Å²) in [6, 6.07) is 15.0. The lowest BCUT2D eigenvalue weighted by molar-refractivity contribution is -0.132. The molecule has 156 valence electrons. The first kappa shape index (κ1) is 20.3. The molecule has 8 nitrogen and oxygen atoms in total. The number of methoxy groups -OCH3 is 1. The van der Waals surface area contributed by atoms with Crippen molar-refractivity contribution in [2.24, 2.45) is 0 Å². The number of hydrogen-bond donors (Lipinski definition) is 0. The van der Waals surface area contributed by atoms with E-state index in [2.05, 4.69) is 20.4 Å². The third-order valence-electron chi connectivity index (χ3n) is 5.21. The fraction of sp³-hybridized carbons (Fsp3) is 0.333. The number of ether oxygens (including phenoxy) is 1. The fourth-order valence-electron chi connectivity index (χ4n) is 3.47. The zero-order valence-electron chi connectivity index (χ0n) is 16.7. The molecular formula is C21H23ClN6O2. The van der Waals surface area contributed by atoms with E-state index in [0.717, 1.165) is 35.9 Å². The third-order valence-corrected chi connectivity index (χ3v) is 5.46. The molecule has 1 aliphatic rings. The Morgan fingerprint density at radius 3 is 2.40 bits per heavy atom. The van der Waals surface area contributed by atoms with Crippen LogP contribution in [0.15, 0.2) is 48.5 Å². The molecule has 0 saturated carbocycles. The van der Waals surface area contributed by atoms with Crippen molar-refractivity contribution >= 4 is 17.5 Å². The minimum atomic E-state index is 0.139. The summed E-state index contributed by atoms with van der Waals surface area (Å²) in [4.78, 5) is 16.8. The Morgan fingerprint density at radius 1 is 1.03 bits per heavy atom. The molecule has 2 heterocycles. The summed E-state index contributed by atoms with van der Waals surface area (Å²) < 4.78 is 6.94. The van der Waals surface area contributed by atoms with Crippen molar-refractivity contribution in [2.75, 3.05) is 33.3 Å². The first-order valence-corrected chi connectivity index (χ1v) is 10.2. The molecule has 0 N–H and O–H groups in total. The molecule has 1 aliphatic heterocycles. The lowest BCUT2D eigenvalue weighted by Gasteiger charge is -2.34. The summed E-state index contributed by atoms with van der Waals surface area (Å²) in [5.41, 5.74) is 1.86. The molecule has 0 unspecified atom stereocenters. The van der Waals surface area contributed by atoms with E-state index in [1.165, 1.54) is 0 Å². The van der Waals surface area contributed by atoms with E-state index < -0.39 is 0 Å². The van der Waals surface area contributed by atoms with Crippen LogP contribution >= 0.6 is 11.6 Å². The Bertz CT molecular complexity index is 981. The number of carbonyl (C=O) groups excluding carboxylic acids is 1. The predicted octanol–water partition coefficient (Wildman–Crippen LogP) is 2.21. The highest BCUT2D eigenvalue weighted by Crippen LogP contribution is 2.16. The van der Waals surface area contributed by atoms with Gasteiger partial charge in [-0.2, -0.15) is 4.68 Å². The lowest BCUT2D eigenvalue weighted by Crippen LogP contribution is -2.48. The third kappa shape index (κ3) is 4.77. The largest absolute Gasteiger partial charge is 0.497 e. The first-order valence-electron chi connectivity index (χ1n) is 9.78. The number of aromatic nitrogens is 4. The molecule has 1 aromatic heterocycles. The van der Waals surface area contributed by atoms with Gasteiger partial charge in [0.2, 0.25) is 5.91 Å². The quantitative estimate of drug-likeness (QED) is 0.601. The van der Waals surface area contributed by atoms with E-state index in [9.17, 15) is 4.79 Å². The van der Waals surface area contributed by atoms with Gasteiger partial charge in [0.1, 0.15) is 5.75 Å². The van der Waals surface area contributed by atoms with Gasteiger partial charge >= 0.3 is 0 Å². The molecule has 0 bridgehead atoms. The Hall–Kier alpha value is -2.97. The van der Waals surface area contributed by atoms with Gasteiger partial charge in [0.15, 0.2) is 5.82 Å². The number of piperazine rings is 1. The highest BCUT2D eigenvalue weighted by atomic mass is 35.5. The van der Waals surface area contributed by atoms with Crippen molar-refractivity contribution in [1.29, 1.82) is 0 Å². The van der Waals surface area contributed by atoms with Crippen LogP contribution in [0.25, 0.3) is 5.69 Å². The van der Waals surface area contributed by atoms with Crippen molar-refractivity contribution < 1.29 is 9.53 Å². The van der Waals surface area contributed by atoms with E-state index in [1.807, 2.05) is 53.4 Å².